The topological polar surface area (TPSA) is 21.7 Å². The number of rotatable bonds is 11. The molecule has 0 saturated carbocycles. The number of nitrogens with zero attached hydrogens (tertiary/aromatic N) is 1. The highest BCUT2D eigenvalue weighted by atomic mass is 16.5. The van der Waals surface area contributed by atoms with E-state index in [2.05, 4.69) is 67.3 Å². The van der Waals surface area contributed by atoms with Crippen molar-refractivity contribution in [3.8, 4) is 5.75 Å². The SMILES string of the molecule is CCCCCCCCN1c2ccc3ccccc3c2OC1C=CC(C)=COCC. The quantitative estimate of drug-likeness (QED) is 0.228. The lowest BCUT2D eigenvalue weighted by atomic mass is 10.1. The average Bonchev–Trinajstić information content (AvgIpc) is 3.11. The summed E-state index contributed by atoms with van der Waals surface area (Å²) in [5.74, 6) is 1.01. The second kappa shape index (κ2) is 10.9. The van der Waals surface area contributed by atoms with Crippen molar-refractivity contribution < 1.29 is 9.47 Å². The third-order valence-electron chi connectivity index (χ3n) is 5.43. The Labute approximate surface area is 176 Å². The van der Waals surface area contributed by atoms with Gasteiger partial charge in [0.1, 0.15) is 0 Å². The van der Waals surface area contributed by atoms with E-state index in [0.717, 1.165) is 17.9 Å². The molecule has 0 aromatic heterocycles. The maximum absolute atomic E-state index is 6.45. The van der Waals surface area contributed by atoms with Crippen molar-refractivity contribution in [3.63, 3.8) is 0 Å². The molecule has 0 fully saturated rings. The molecule has 3 heteroatoms. The molecule has 2 aromatic carbocycles. The average molecular weight is 394 g/mol. The number of ether oxygens (including phenoxy) is 2. The summed E-state index contributed by atoms with van der Waals surface area (Å²) in [7, 11) is 0. The summed E-state index contributed by atoms with van der Waals surface area (Å²) >= 11 is 0. The van der Waals surface area contributed by atoms with E-state index in [9.17, 15) is 0 Å². The van der Waals surface area contributed by atoms with Crippen LogP contribution in [0.2, 0.25) is 0 Å². The Hall–Kier alpha value is -2.42. The number of anilines is 1. The van der Waals surface area contributed by atoms with E-state index in [1.54, 1.807) is 0 Å². The Bertz CT molecular complexity index is 840. The van der Waals surface area contributed by atoms with Gasteiger partial charge in [-0.2, -0.15) is 0 Å². The van der Waals surface area contributed by atoms with Crippen LogP contribution in [-0.2, 0) is 4.74 Å². The molecule has 0 radical (unpaired) electrons. The van der Waals surface area contributed by atoms with Gasteiger partial charge in [-0.25, -0.2) is 0 Å². The fraction of sp³-hybridized carbons (Fsp3) is 0.462. The molecule has 0 bridgehead atoms. The Morgan fingerprint density at radius 1 is 1.03 bits per heavy atom. The smallest absolute Gasteiger partial charge is 0.192 e. The first-order valence-electron chi connectivity index (χ1n) is 11.2. The van der Waals surface area contributed by atoms with Crippen LogP contribution in [-0.4, -0.2) is 19.4 Å². The molecular weight excluding hydrogens is 358 g/mol. The number of hydrogen-bond acceptors (Lipinski definition) is 3. The lowest BCUT2D eigenvalue weighted by Gasteiger charge is -2.23. The molecule has 1 unspecified atom stereocenters. The second-order valence-electron chi connectivity index (χ2n) is 7.78. The normalized spacial score (nSPS) is 16.4. The van der Waals surface area contributed by atoms with Crippen molar-refractivity contribution in [1.82, 2.24) is 0 Å². The molecule has 1 aliphatic heterocycles. The number of benzene rings is 2. The lowest BCUT2D eigenvalue weighted by Crippen LogP contribution is -2.33. The molecule has 156 valence electrons. The number of fused-ring (bicyclic) bond motifs is 3. The van der Waals surface area contributed by atoms with Gasteiger partial charge in [0.05, 0.1) is 18.6 Å². The largest absolute Gasteiger partial charge is 0.501 e. The standard InChI is InChI=1S/C26H35NO2/c1-4-6-7-8-9-12-19-27-24-17-16-22-13-10-11-14-23(22)26(24)29-25(27)18-15-21(3)20-28-5-2/h10-11,13-18,20,25H,4-9,12,19H2,1-3H3. The molecule has 0 spiro atoms. The molecule has 0 aliphatic carbocycles. The van der Waals surface area contributed by atoms with Crippen molar-refractivity contribution in [1.29, 1.82) is 0 Å². The summed E-state index contributed by atoms with van der Waals surface area (Å²) in [6, 6.07) is 12.9. The van der Waals surface area contributed by atoms with E-state index in [4.69, 9.17) is 9.47 Å². The first-order chi connectivity index (χ1) is 14.2. The van der Waals surface area contributed by atoms with E-state index < -0.39 is 0 Å². The molecule has 2 aromatic rings. The first kappa shape index (κ1) is 21.3. The summed E-state index contributed by atoms with van der Waals surface area (Å²) in [5.41, 5.74) is 2.30. The van der Waals surface area contributed by atoms with Crippen LogP contribution in [0.25, 0.3) is 10.8 Å². The lowest BCUT2D eigenvalue weighted by molar-refractivity contribution is 0.266. The van der Waals surface area contributed by atoms with Gasteiger partial charge in [-0.05, 0) is 43.4 Å². The molecule has 3 rings (SSSR count). The van der Waals surface area contributed by atoms with Crippen LogP contribution in [0, 0.1) is 0 Å². The van der Waals surface area contributed by atoms with Gasteiger partial charge < -0.3 is 14.4 Å². The van der Waals surface area contributed by atoms with Crippen LogP contribution in [0.4, 0.5) is 5.69 Å². The fourth-order valence-corrected chi connectivity index (χ4v) is 3.84. The summed E-state index contributed by atoms with van der Waals surface area (Å²) in [4.78, 5) is 2.41. The molecular formula is C26H35NO2. The van der Waals surface area contributed by atoms with Crippen molar-refractivity contribution in [3.05, 3.63) is 60.4 Å². The minimum absolute atomic E-state index is 0.0728. The monoisotopic (exact) mass is 393 g/mol. The van der Waals surface area contributed by atoms with Crippen molar-refractivity contribution >= 4 is 16.5 Å². The van der Waals surface area contributed by atoms with Crippen LogP contribution in [0.1, 0.15) is 59.3 Å². The van der Waals surface area contributed by atoms with Gasteiger partial charge in [0.15, 0.2) is 12.0 Å². The van der Waals surface area contributed by atoms with Gasteiger partial charge in [0.25, 0.3) is 0 Å². The third-order valence-corrected chi connectivity index (χ3v) is 5.43. The highest BCUT2D eigenvalue weighted by molar-refractivity contribution is 5.94. The van der Waals surface area contributed by atoms with Crippen LogP contribution in [0.3, 0.4) is 0 Å². The second-order valence-corrected chi connectivity index (χ2v) is 7.78. The third kappa shape index (κ3) is 5.56. The van der Waals surface area contributed by atoms with E-state index in [1.165, 1.54) is 55.0 Å². The van der Waals surface area contributed by atoms with Gasteiger partial charge in [0.2, 0.25) is 0 Å². The molecule has 1 aliphatic rings. The van der Waals surface area contributed by atoms with Crippen molar-refractivity contribution in [2.24, 2.45) is 0 Å². The molecule has 0 amide bonds. The number of unbranched alkanes of at least 4 members (excludes halogenated alkanes) is 5. The van der Waals surface area contributed by atoms with Gasteiger partial charge in [-0.3, -0.25) is 0 Å². The van der Waals surface area contributed by atoms with E-state index in [-0.39, 0.29) is 6.23 Å². The maximum Gasteiger partial charge on any atom is 0.192 e. The minimum atomic E-state index is -0.0728. The Balaban J connectivity index is 1.76. The van der Waals surface area contributed by atoms with E-state index in [1.807, 2.05) is 13.2 Å². The first-order valence-corrected chi connectivity index (χ1v) is 11.2. The van der Waals surface area contributed by atoms with Crippen LogP contribution < -0.4 is 9.64 Å². The van der Waals surface area contributed by atoms with E-state index in [0.29, 0.717) is 6.61 Å². The van der Waals surface area contributed by atoms with Crippen LogP contribution in [0.15, 0.2) is 60.4 Å². The summed E-state index contributed by atoms with van der Waals surface area (Å²) < 4.78 is 11.9. The zero-order valence-electron chi connectivity index (χ0n) is 18.2. The van der Waals surface area contributed by atoms with Gasteiger partial charge in [0, 0.05) is 11.9 Å². The van der Waals surface area contributed by atoms with E-state index >= 15 is 0 Å². The zero-order chi connectivity index (χ0) is 20.5. The molecule has 1 heterocycles. The van der Waals surface area contributed by atoms with Crippen molar-refractivity contribution in [2.75, 3.05) is 18.1 Å². The summed E-state index contributed by atoms with van der Waals surface area (Å²) in [6.45, 7) is 8.02. The summed E-state index contributed by atoms with van der Waals surface area (Å²) in [6.07, 6.45) is 13.8. The summed E-state index contributed by atoms with van der Waals surface area (Å²) in [5, 5.41) is 2.42. The molecule has 1 atom stereocenters. The predicted octanol–water partition coefficient (Wildman–Crippen LogP) is 7.22. The maximum atomic E-state index is 6.45. The number of hydrogen-bond donors (Lipinski definition) is 0. The Morgan fingerprint density at radius 2 is 1.83 bits per heavy atom. The minimum Gasteiger partial charge on any atom is -0.501 e. The van der Waals surface area contributed by atoms with Gasteiger partial charge in [-0.15, -0.1) is 0 Å². The number of allylic oxidation sites excluding steroid dienone is 2. The molecule has 0 saturated heterocycles. The highest BCUT2D eigenvalue weighted by Gasteiger charge is 2.30. The van der Waals surface area contributed by atoms with Crippen molar-refractivity contribution in [2.45, 2.75) is 65.5 Å². The molecule has 0 N–H and O–H groups in total. The molecule has 3 nitrogen and oxygen atoms in total. The predicted molar refractivity (Wildman–Crippen MR) is 124 cm³/mol. The van der Waals surface area contributed by atoms with Crippen LogP contribution >= 0.6 is 0 Å². The Morgan fingerprint density at radius 3 is 2.66 bits per heavy atom. The molecule has 29 heavy (non-hydrogen) atoms. The van der Waals surface area contributed by atoms with Gasteiger partial charge in [-0.1, -0.05) is 75.4 Å². The van der Waals surface area contributed by atoms with Gasteiger partial charge >= 0.3 is 0 Å². The fourth-order valence-electron chi connectivity index (χ4n) is 3.84. The Kier molecular flexibility index (Phi) is 8.03. The van der Waals surface area contributed by atoms with Crippen LogP contribution in [0.5, 0.6) is 5.75 Å². The highest BCUT2D eigenvalue weighted by Crippen LogP contribution is 2.43. The zero-order valence-corrected chi connectivity index (χ0v) is 18.2.